The highest BCUT2D eigenvalue weighted by Gasteiger charge is 2.16. The molecule has 1 aliphatic rings. The number of hydrogen-bond donors (Lipinski definition) is 1. The fourth-order valence-corrected chi connectivity index (χ4v) is 4.40. The van der Waals surface area contributed by atoms with Gasteiger partial charge in [0.15, 0.2) is 3.95 Å². The lowest BCUT2D eigenvalue weighted by atomic mass is 10.0. The van der Waals surface area contributed by atoms with Gasteiger partial charge in [-0.15, -0.1) is 16.4 Å². The van der Waals surface area contributed by atoms with E-state index in [0.717, 1.165) is 34.7 Å². The van der Waals surface area contributed by atoms with E-state index in [0.29, 0.717) is 3.95 Å². The molecule has 0 unspecified atom stereocenters. The molecule has 1 aliphatic heterocycles. The first-order valence-electron chi connectivity index (χ1n) is 9.52. The summed E-state index contributed by atoms with van der Waals surface area (Å²) in [5.74, 6) is 0.249. The lowest BCUT2D eigenvalue weighted by Crippen LogP contribution is -2.02. The first-order chi connectivity index (χ1) is 13.2. The number of aromatic hydroxyl groups is 1. The molecular weight excluding hydrogens is 374 g/mol. The van der Waals surface area contributed by atoms with Gasteiger partial charge < -0.3 is 5.11 Å². The Bertz CT molecular complexity index is 907. The van der Waals surface area contributed by atoms with Crippen molar-refractivity contribution in [3.8, 4) is 5.88 Å². The van der Waals surface area contributed by atoms with Crippen LogP contribution in [-0.2, 0) is 6.54 Å². The van der Waals surface area contributed by atoms with Crippen LogP contribution in [0.4, 0.5) is 0 Å². The third-order valence-corrected chi connectivity index (χ3v) is 5.98. The van der Waals surface area contributed by atoms with Crippen molar-refractivity contribution in [3.63, 3.8) is 0 Å². The third kappa shape index (κ3) is 5.02. The van der Waals surface area contributed by atoms with Gasteiger partial charge in [0.1, 0.15) is 5.71 Å². The van der Waals surface area contributed by atoms with E-state index in [4.69, 9.17) is 12.2 Å². The second-order valence-electron chi connectivity index (χ2n) is 6.63. The molecule has 0 fully saturated rings. The monoisotopic (exact) mass is 399 g/mol. The largest absolute Gasteiger partial charge is 0.493 e. The molecule has 0 spiro atoms. The van der Waals surface area contributed by atoms with Crippen molar-refractivity contribution in [3.05, 3.63) is 50.3 Å². The number of allylic oxidation sites excluding steroid dienone is 1. The molecule has 0 saturated heterocycles. The van der Waals surface area contributed by atoms with Crippen LogP contribution >= 0.6 is 23.6 Å². The fourth-order valence-electron chi connectivity index (χ4n) is 3.09. The van der Waals surface area contributed by atoms with E-state index in [2.05, 4.69) is 17.1 Å². The van der Waals surface area contributed by atoms with Gasteiger partial charge in [0.2, 0.25) is 5.88 Å². The van der Waals surface area contributed by atoms with Crippen molar-refractivity contribution in [2.24, 2.45) is 10.2 Å². The second-order valence-corrected chi connectivity index (χ2v) is 8.31. The maximum absolute atomic E-state index is 10.6. The first-order valence-corrected chi connectivity index (χ1v) is 10.7. The Labute approximate surface area is 169 Å². The van der Waals surface area contributed by atoms with Crippen molar-refractivity contribution in [1.29, 1.82) is 0 Å². The molecule has 0 radical (unpaired) electrons. The molecule has 0 amide bonds. The van der Waals surface area contributed by atoms with Gasteiger partial charge in [-0.3, -0.25) is 4.57 Å². The van der Waals surface area contributed by atoms with E-state index in [1.54, 1.807) is 6.21 Å². The van der Waals surface area contributed by atoms with E-state index in [1.165, 1.54) is 43.4 Å². The molecule has 27 heavy (non-hydrogen) atoms. The van der Waals surface area contributed by atoms with Gasteiger partial charge in [0.05, 0.1) is 11.1 Å². The maximum Gasteiger partial charge on any atom is 0.210 e. The highest BCUT2D eigenvalue weighted by Crippen LogP contribution is 2.30. The number of aromatic nitrogens is 1. The summed E-state index contributed by atoms with van der Waals surface area (Å²) in [5, 5.41) is 18.9. The minimum Gasteiger partial charge on any atom is -0.493 e. The standard InChI is InChI=1S/C21H25N3OS2/c1-2-3-4-5-6-10-13-24-20(25)18(27-21(24)26)14-17-15-22-23-19(17)16-11-8-7-9-12-16/h7-9,11-12,14-15,25H,2-6,10,13H2,1H3. The molecule has 1 aromatic carbocycles. The molecule has 3 rings (SSSR count). The highest BCUT2D eigenvalue weighted by molar-refractivity contribution is 7.73. The molecule has 0 atom stereocenters. The summed E-state index contributed by atoms with van der Waals surface area (Å²) in [6, 6.07) is 9.95. The predicted molar refractivity (Wildman–Crippen MR) is 118 cm³/mol. The van der Waals surface area contributed by atoms with Crippen LogP contribution in [0.3, 0.4) is 0 Å². The molecule has 1 aromatic heterocycles. The van der Waals surface area contributed by atoms with Gasteiger partial charge in [-0.05, 0) is 24.7 Å². The molecule has 0 saturated carbocycles. The Morgan fingerprint density at radius 2 is 1.85 bits per heavy atom. The number of nitrogens with zero attached hydrogens (tertiary/aromatic N) is 3. The van der Waals surface area contributed by atoms with Crippen LogP contribution in [-0.4, -0.2) is 21.6 Å². The summed E-state index contributed by atoms with van der Waals surface area (Å²) in [5.41, 5.74) is 2.71. The van der Waals surface area contributed by atoms with Crippen molar-refractivity contribution in [2.45, 2.75) is 52.0 Å². The van der Waals surface area contributed by atoms with Crippen molar-refractivity contribution >= 4 is 41.6 Å². The molecule has 2 heterocycles. The average Bonchev–Trinajstić information content (AvgIpc) is 3.25. The van der Waals surface area contributed by atoms with Crippen LogP contribution in [0.1, 0.15) is 55.9 Å². The lowest BCUT2D eigenvalue weighted by Gasteiger charge is -2.05. The van der Waals surface area contributed by atoms with Crippen LogP contribution in [0.5, 0.6) is 5.88 Å². The minimum absolute atomic E-state index is 0.249. The van der Waals surface area contributed by atoms with E-state index < -0.39 is 0 Å². The van der Waals surface area contributed by atoms with Crippen LogP contribution < -0.4 is 0 Å². The fraction of sp³-hybridized carbons (Fsp3) is 0.381. The number of thiazole rings is 1. The molecule has 6 heteroatoms. The topological polar surface area (TPSA) is 49.9 Å². The zero-order valence-corrected chi connectivity index (χ0v) is 17.2. The Balaban J connectivity index is 1.71. The van der Waals surface area contributed by atoms with Gasteiger partial charge in [-0.2, -0.15) is 5.10 Å². The number of benzene rings is 1. The zero-order chi connectivity index (χ0) is 19.1. The van der Waals surface area contributed by atoms with Gasteiger partial charge in [-0.25, -0.2) is 0 Å². The summed E-state index contributed by atoms with van der Waals surface area (Å²) in [7, 11) is 0. The van der Waals surface area contributed by atoms with Crippen molar-refractivity contribution in [2.75, 3.05) is 0 Å². The van der Waals surface area contributed by atoms with Gasteiger partial charge in [0, 0.05) is 17.7 Å². The van der Waals surface area contributed by atoms with Gasteiger partial charge >= 0.3 is 0 Å². The summed E-state index contributed by atoms with van der Waals surface area (Å²) >= 11 is 6.90. The molecule has 1 N–H and O–H groups in total. The van der Waals surface area contributed by atoms with Crippen LogP contribution in [0.2, 0.25) is 0 Å². The van der Waals surface area contributed by atoms with Gasteiger partial charge in [0.25, 0.3) is 0 Å². The molecular formula is C21H25N3OS2. The molecule has 0 aliphatic carbocycles. The average molecular weight is 400 g/mol. The zero-order valence-electron chi connectivity index (χ0n) is 15.6. The SMILES string of the molecule is CCCCCCCCn1c(O)c(C=C2C=NN=C2c2ccccc2)sc1=S. The van der Waals surface area contributed by atoms with Crippen molar-refractivity contribution < 1.29 is 5.11 Å². The molecule has 2 aromatic rings. The van der Waals surface area contributed by atoms with Gasteiger partial charge in [-0.1, -0.05) is 69.4 Å². The van der Waals surface area contributed by atoms with Crippen LogP contribution in [0.25, 0.3) is 6.08 Å². The number of unbranched alkanes of at least 4 members (excludes halogenated alkanes) is 5. The summed E-state index contributed by atoms with van der Waals surface area (Å²) in [6.07, 6.45) is 11.0. The van der Waals surface area contributed by atoms with Crippen LogP contribution in [0.15, 0.2) is 46.1 Å². The molecule has 0 bridgehead atoms. The summed E-state index contributed by atoms with van der Waals surface area (Å²) in [6.45, 7) is 2.99. The number of rotatable bonds is 9. The summed E-state index contributed by atoms with van der Waals surface area (Å²) < 4.78 is 2.55. The third-order valence-electron chi connectivity index (χ3n) is 4.59. The Hall–Kier alpha value is -2.05. The molecule has 142 valence electrons. The van der Waals surface area contributed by atoms with E-state index in [-0.39, 0.29) is 5.88 Å². The van der Waals surface area contributed by atoms with E-state index in [9.17, 15) is 5.11 Å². The number of hydrogen-bond acceptors (Lipinski definition) is 5. The predicted octanol–water partition coefficient (Wildman–Crippen LogP) is 6.22. The quantitative estimate of drug-likeness (QED) is 0.402. The normalized spacial score (nSPS) is 14.9. The lowest BCUT2D eigenvalue weighted by molar-refractivity contribution is 0.407. The Morgan fingerprint density at radius 1 is 1.11 bits per heavy atom. The Kier molecular flexibility index (Phi) is 7.12. The highest BCUT2D eigenvalue weighted by atomic mass is 32.1. The maximum atomic E-state index is 10.6. The molecule has 4 nitrogen and oxygen atoms in total. The van der Waals surface area contributed by atoms with Crippen LogP contribution in [0, 0.1) is 3.95 Å². The smallest absolute Gasteiger partial charge is 0.210 e. The first kappa shape index (κ1) is 19.7. The minimum atomic E-state index is 0.249. The summed E-state index contributed by atoms with van der Waals surface area (Å²) in [4.78, 5) is 0.762. The Morgan fingerprint density at radius 3 is 2.63 bits per heavy atom. The van der Waals surface area contributed by atoms with E-state index in [1.807, 2.05) is 41.0 Å². The van der Waals surface area contributed by atoms with E-state index >= 15 is 0 Å². The second kappa shape index (κ2) is 9.76. The van der Waals surface area contributed by atoms with Crippen molar-refractivity contribution in [1.82, 2.24) is 4.57 Å².